The van der Waals surface area contributed by atoms with Gasteiger partial charge in [0.2, 0.25) is 0 Å². The number of fused-ring (bicyclic) bond motifs is 1. The number of aromatic amines is 1. The third-order valence-electron chi connectivity index (χ3n) is 4.83. The lowest BCUT2D eigenvalue weighted by Crippen LogP contribution is -2.21. The van der Waals surface area contributed by atoms with Crippen LogP contribution in [0.2, 0.25) is 5.02 Å². The van der Waals surface area contributed by atoms with E-state index in [1.165, 1.54) is 0 Å². The van der Waals surface area contributed by atoms with Crippen molar-refractivity contribution in [3.8, 4) is 16.9 Å². The van der Waals surface area contributed by atoms with Gasteiger partial charge in [-0.3, -0.25) is 4.79 Å². The lowest BCUT2D eigenvalue weighted by molar-refractivity contribution is 0.779. The predicted octanol–water partition coefficient (Wildman–Crippen LogP) is 4.07. The summed E-state index contributed by atoms with van der Waals surface area (Å²) in [5.41, 5.74) is 5.03. The van der Waals surface area contributed by atoms with Crippen molar-refractivity contribution in [2.45, 2.75) is 6.42 Å². The fraction of sp³-hybridized carbons (Fsp3) is 0.0952. The molecule has 0 radical (unpaired) electrons. The minimum absolute atomic E-state index is 0.0456. The standard InChI is InChI=1S/C21H17ClN4O/c22-15-10-8-14(9-11-15)18-13-25-20(24-18)19(17-7-4-12-23-17)21(27)26(25)16-5-2-1-3-6-16/h1-3,5-11,13,23-24H,4,12H2. The lowest BCUT2D eigenvalue weighted by Gasteiger charge is -2.03. The number of para-hydroxylation sites is 1. The molecule has 27 heavy (non-hydrogen) atoms. The van der Waals surface area contributed by atoms with E-state index < -0.39 is 0 Å². The second-order valence-corrected chi connectivity index (χ2v) is 6.97. The van der Waals surface area contributed by atoms with Crippen LogP contribution < -0.4 is 10.9 Å². The highest BCUT2D eigenvalue weighted by atomic mass is 35.5. The first-order valence-corrected chi connectivity index (χ1v) is 9.22. The second kappa shape index (κ2) is 6.21. The van der Waals surface area contributed by atoms with Gasteiger partial charge in [-0.15, -0.1) is 0 Å². The Bertz CT molecular complexity index is 1210. The molecule has 5 rings (SSSR count). The number of hydrogen-bond donors (Lipinski definition) is 2. The molecule has 3 heterocycles. The van der Waals surface area contributed by atoms with Crippen LogP contribution in [0.1, 0.15) is 12.0 Å². The van der Waals surface area contributed by atoms with E-state index in [0.29, 0.717) is 10.6 Å². The lowest BCUT2D eigenvalue weighted by atomic mass is 10.2. The summed E-state index contributed by atoms with van der Waals surface area (Å²) in [5.74, 6) is 0. The van der Waals surface area contributed by atoms with E-state index in [1.54, 1.807) is 4.68 Å². The van der Waals surface area contributed by atoms with E-state index in [-0.39, 0.29) is 5.56 Å². The molecule has 0 unspecified atom stereocenters. The Balaban J connectivity index is 1.79. The van der Waals surface area contributed by atoms with Gasteiger partial charge in [-0.25, -0.2) is 9.20 Å². The number of benzene rings is 2. The third-order valence-corrected chi connectivity index (χ3v) is 5.08. The van der Waals surface area contributed by atoms with Crippen LogP contribution >= 0.6 is 11.6 Å². The van der Waals surface area contributed by atoms with Crippen LogP contribution in [0, 0.1) is 0 Å². The van der Waals surface area contributed by atoms with Crippen molar-refractivity contribution >= 4 is 22.9 Å². The fourth-order valence-electron chi connectivity index (χ4n) is 3.56. The summed E-state index contributed by atoms with van der Waals surface area (Å²) in [5, 5.41) is 4.02. The molecule has 1 aliphatic heterocycles. The van der Waals surface area contributed by atoms with Crippen LogP contribution in [0.25, 0.3) is 28.3 Å². The second-order valence-electron chi connectivity index (χ2n) is 6.53. The Labute approximate surface area is 160 Å². The third kappa shape index (κ3) is 2.59. The summed E-state index contributed by atoms with van der Waals surface area (Å²) in [6, 6.07) is 17.3. The summed E-state index contributed by atoms with van der Waals surface area (Å²) in [6.07, 6.45) is 4.95. The quantitative estimate of drug-likeness (QED) is 0.566. The van der Waals surface area contributed by atoms with Crippen LogP contribution in [0.4, 0.5) is 0 Å². The van der Waals surface area contributed by atoms with E-state index in [2.05, 4.69) is 16.4 Å². The molecule has 2 aromatic carbocycles. The Kier molecular flexibility index (Phi) is 3.69. The minimum Gasteiger partial charge on any atom is -0.384 e. The summed E-state index contributed by atoms with van der Waals surface area (Å²) in [4.78, 5) is 16.7. The van der Waals surface area contributed by atoms with Gasteiger partial charge in [0, 0.05) is 17.3 Å². The number of aromatic nitrogens is 3. The average molecular weight is 377 g/mol. The maximum atomic E-state index is 13.3. The van der Waals surface area contributed by atoms with Crippen molar-refractivity contribution in [2.75, 3.05) is 6.54 Å². The van der Waals surface area contributed by atoms with Gasteiger partial charge >= 0.3 is 0 Å². The molecule has 1 aliphatic rings. The molecule has 0 saturated heterocycles. The molecule has 0 fully saturated rings. The van der Waals surface area contributed by atoms with E-state index >= 15 is 0 Å². The normalized spacial score (nSPS) is 13.7. The van der Waals surface area contributed by atoms with Gasteiger partial charge in [0.05, 0.1) is 17.6 Å². The van der Waals surface area contributed by atoms with Gasteiger partial charge in [0.15, 0.2) is 0 Å². The van der Waals surface area contributed by atoms with E-state index in [4.69, 9.17) is 11.6 Å². The Morgan fingerprint density at radius 1 is 1.00 bits per heavy atom. The average Bonchev–Trinajstić information content (AvgIpc) is 3.39. The van der Waals surface area contributed by atoms with Gasteiger partial charge in [-0.2, -0.15) is 0 Å². The van der Waals surface area contributed by atoms with Crippen molar-refractivity contribution < 1.29 is 0 Å². The van der Waals surface area contributed by atoms with Crippen LogP contribution in [0.5, 0.6) is 0 Å². The maximum Gasteiger partial charge on any atom is 0.283 e. The van der Waals surface area contributed by atoms with Gasteiger partial charge in [0.1, 0.15) is 11.2 Å². The Hall–Kier alpha value is -3.18. The molecule has 2 aromatic heterocycles. The molecular weight excluding hydrogens is 360 g/mol. The monoisotopic (exact) mass is 376 g/mol. The minimum atomic E-state index is -0.0456. The van der Waals surface area contributed by atoms with Crippen LogP contribution in [-0.2, 0) is 0 Å². The van der Waals surface area contributed by atoms with Crippen molar-refractivity contribution in [3.63, 3.8) is 0 Å². The highest BCUT2D eigenvalue weighted by Gasteiger charge is 2.22. The number of nitrogens with zero attached hydrogens (tertiary/aromatic N) is 2. The Morgan fingerprint density at radius 2 is 1.78 bits per heavy atom. The summed E-state index contributed by atoms with van der Waals surface area (Å²) in [7, 11) is 0. The van der Waals surface area contributed by atoms with Crippen molar-refractivity contribution in [1.82, 2.24) is 19.5 Å². The summed E-state index contributed by atoms with van der Waals surface area (Å²) >= 11 is 6.02. The zero-order valence-corrected chi connectivity index (χ0v) is 15.2. The number of H-pyrrole nitrogens is 1. The number of nitrogens with one attached hydrogen (secondary N) is 2. The highest BCUT2D eigenvalue weighted by Crippen LogP contribution is 2.26. The molecule has 0 spiro atoms. The van der Waals surface area contributed by atoms with Crippen molar-refractivity contribution in [1.29, 1.82) is 0 Å². The smallest absolute Gasteiger partial charge is 0.283 e. The summed E-state index contributed by atoms with van der Waals surface area (Å²) in [6.45, 7) is 0.849. The first-order chi connectivity index (χ1) is 13.2. The van der Waals surface area contributed by atoms with Gasteiger partial charge in [-0.05, 0) is 36.2 Å². The molecule has 134 valence electrons. The van der Waals surface area contributed by atoms with Crippen LogP contribution in [-0.4, -0.2) is 20.7 Å². The first-order valence-electron chi connectivity index (χ1n) is 8.84. The number of halogens is 1. The number of hydrogen-bond acceptors (Lipinski definition) is 2. The first kappa shape index (κ1) is 16.0. The summed E-state index contributed by atoms with van der Waals surface area (Å²) < 4.78 is 3.58. The van der Waals surface area contributed by atoms with Gasteiger partial charge in [0.25, 0.3) is 5.56 Å². The highest BCUT2D eigenvalue weighted by molar-refractivity contribution is 6.30. The van der Waals surface area contributed by atoms with Gasteiger partial charge in [-0.1, -0.05) is 48.0 Å². The molecule has 5 nitrogen and oxygen atoms in total. The zero-order chi connectivity index (χ0) is 18.4. The molecule has 0 amide bonds. The van der Waals surface area contributed by atoms with E-state index in [1.807, 2.05) is 65.3 Å². The molecule has 6 heteroatoms. The number of rotatable bonds is 3. The van der Waals surface area contributed by atoms with Gasteiger partial charge < -0.3 is 10.3 Å². The van der Waals surface area contributed by atoms with Crippen LogP contribution in [0.3, 0.4) is 0 Å². The zero-order valence-electron chi connectivity index (χ0n) is 14.4. The molecule has 2 N–H and O–H groups in total. The molecule has 0 bridgehead atoms. The molecule has 0 aliphatic carbocycles. The van der Waals surface area contributed by atoms with E-state index in [9.17, 15) is 4.79 Å². The van der Waals surface area contributed by atoms with Crippen LogP contribution in [0.15, 0.2) is 71.7 Å². The fourth-order valence-corrected chi connectivity index (χ4v) is 3.69. The molecule has 0 saturated carbocycles. The molecular formula is C21H17ClN4O. The number of imidazole rings is 1. The predicted molar refractivity (Wildman–Crippen MR) is 108 cm³/mol. The van der Waals surface area contributed by atoms with Crippen molar-refractivity contribution in [3.05, 3.63) is 87.8 Å². The maximum absolute atomic E-state index is 13.3. The SMILES string of the molecule is O=c1c(C2=CCCN2)c2[nH]c(-c3ccc(Cl)cc3)cn2n1-c1ccccc1. The van der Waals surface area contributed by atoms with E-state index in [0.717, 1.165) is 41.3 Å². The topological polar surface area (TPSA) is 54.2 Å². The Morgan fingerprint density at radius 3 is 2.48 bits per heavy atom. The van der Waals surface area contributed by atoms with Crippen molar-refractivity contribution in [2.24, 2.45) is 0 Å². The largest absolute Gasteiger partial charge is 0.384 e. The molecule has 0 atom stereocenters. The molecule has 4 aromatic rings.